The van der Waals surface area contributed by atoms with Gasteiger partial charge >= 0.3 is 0 Å². The lowest BCUT2D eigenvalue weighted by Gasteiger charge is -2.11. The summed E-state index contributed by atoms with van der Waals surface area (Å²) in [5.74, 6) is 0.0219. The molecule has 0 radical (unpaired) electrons. The molecule has 0 aliphatic heterocycles. The number of allylic oxidation sites excluding steroid dienone is 1. The number of aryl methyl sites for hydroxylation is 1. The van der Waals surface area contributed by atoms with E-state index in [9.17, 15) is 10.4 Å². The second kappa shape index (κ2) is 7.06. The molecule has 7 heteroatoms. The second-order valence-corrected chi connectivity index (χ2v) is 8.40. The minimum atomic E-state index is -0.331. The summed E-state index contributed by atoms with van der Waals surface area (Å²) >= 11 is 2.83. The number of aliphatic hydroxyl groups excluding tert-OH is 1. The number of imidazole rings is 1. The first-order chi connectivity index (χ1) is 13.1. The molecule has 0 fully saturated rings. The SMILES string of the molecule is C[C@@H](Sc1nc2ccccc2n1C)C(O)=C(C#N)c1nc2ccccc2s1. The van der Waals surface area contributed by atoms with Gasteiger partial charge in [-0.1, -0.05) is 36.0 Å². The molecule has 134 valence electrons. The average molecular weight is 393 g/mol. The number of rotatable bonds is 4. The molecular weight excluding hydrogens is 376 g/mol. The maximum Gasteiger partial charge on any atom is 0.169 e. The van der Waals surface area contributed by atoms with Crippen molar-refractivity contribution in [3.8, 4) is 6.07 Å². The number of hydrogen-bond donors (Lipinski definition) is 1. The molecule has 1 atom stereocenters. The van der Waals surface area contributed by atoms with Crippen LogP contribution in [0, 0.1) is 11.3 Å². The Bertz CT molecular complexity index is 1180. The highest BCUT2D eigenvalue weighted by atomic mass is 32.2. The van der Waals surface area contributed by atoms with Crippen molar-refractivity contribution in [2.24, 2.45) is 7.05 Å². The summed E-state index contributed by atoms with van der Waals surface area (Å²) in [6.07, 6.45) is 0. The van der Waals surface area contributed by atoms with Gasteiger partial charge in [0.2, 0.25) is 0 Å². The fraction of sp³-hybridized carbons (Fsp3) is 0.150. The van der Waals surface area contributed by atoms with E-state index < -0.39 is 0 Å². The Morgan fingerprint density at radius 1 is 1.15 bits per heavy atom. The van der Waals surface area contributed by atoms with Crippen molar-refractivity contribution in [3.05, 3.63) is 59.3 Å². The number of para-hydroxylation sites is 3. The molecule has 0 unspecified atom stereocenters. The molecule has 1 N–H and O–H groups in total. The van der Waals surface area contributed by atoms with Gasteiger partial charge in [0.1, 0.15) is 22.4 Å². The van der Waals surface area contributed by atoms with Gasteiger partial charge in [-0.2, -0.15) is 5.26 Å². The Morgan fingerprint density at radius 2 is 1.85 bits per heavy atom. The van der Waals surface area contributed by atoms with Crippen molar-refractivity contribution in [2.45, 2.75) is 17.3 Å². The van der Waals surface area contributed by atoms with Crippen LogP contribution in [0.25, 0.3) is 26.8 Å². The summed E-state index contributed by atoms with van der Waals surface area (Å²) in [5.41, 5.74) is 2.98. The first-order valence-corrected chi connectivity index (χ1v) is 10.1. The zero-order chi connectivity index (χ0) is 19.0. The molecule has 27 heavy (non-hydrogen) atoms. The van der Waals surface area contributed by atoms with Crippen LogP contribution in [0.4, 0.5) is 0 Å². The van der Waals surface area contributed by atoms with Gasteiger partial charge in [-0.15, -0.1) is 11.3 Å². The lowest BCUT2D eigenvalue weighted by molar-refractivity contribution is 0.402. The monoisotopic (exact) mass is 392 g/mol. The van der Waals surface area contributed by atoms with Gasteiger partial charge in [-0.3, -0.25) is 0 Å². The third-order valence-electron chi connectivity index (χ3n) is 4.29. The highest BCUT2D eigenvalue weighted by Gasteiger charge is 2.21. The van der Waals surface area contributed by atoms with Crippen LogP contribution in [-0.4, -0.2) is 24.9 Å². The molecule has 5 nitrogen and oxygen atoms in total. The van der Waals surface area contributed by atoms with E-state index in [4.69, 9.17) is 0 Å². The highest BCUT2D eigenvalue weighted by molar-refractivity contribution is 8.00. The van der Waals surface area contributed by atoms with Crippen molar-refractivity contribution in [3.63, 3.8) is 0 Å². The van der Waals surface area contributed by atoms with Gasteiger partial charge in [-0.05, 0) is 31.2 Å². The molecule has 0 bridgehead atoms. The number of nitrogens with zero attached hydrogens (tertiary/aromatic N) is 4. The van der Waals surface area contributed by atoms with Crippen LogP contribution in [0.5, 0.6) is 0 Å². The number of thioether (sulfide) groups is 1. The third kappa shape index (κ3) is 3.18. The number of aromatic nitrogens is 3. The summed E-state index contributed by atoms with van der Waals surface area (Å²) in [6, 6.07) is 17.7. The molecule has 0 saturated carbocycles. The molecule has 0 aliphatic carbocycles. The Balaban J connectivity index is 1.69. The standard InChI is InChI=1S/C20H16N4OS2/c1-12(26-20-23-14-7-3-5-9-16(14)24(20)2)18(25)13(11-21)19-22-15-8-4-6-10-17(15)27-19/h3-10,12,25H,1-2H3/t12-/m1/s1. The molecule has 0 spiro atoms. The molecule has 2 aromatic heterocycles. The van der Waals surface area contributed by atoms with E-state index in [2.05, 4.69) is 16.0 Å². The molecule has 0 amide bonds. The van der Waals surface area contributed by atoms with Crippen molar-refractivity contribution >= 4 is 49.9 Å². The van der Waals surface area contributed by atoms with Crippen LogP contribution in [0.15, 0.2) is 59.4 Å². The van der Waals surface area contributed by atoms with E-state index in [-0.39, 0.29) is 16.6 Å². The first kappa shape index (κ1) is 17.6. The van der Waals surface area contributed by atoms with Crippen molar-refractivity contribution < 1.29 is 5.11 Å². The van der Waals surface area contributed by atoms with Crippen LogP contribution in [0.3, 0.4) is 0 Å². The number of thiazole rings is 1. The van der Waals surface area contributed by atoms with Crippen LogP contribution in [0.1, 0.15) is 11.9 Å². The zero-order valence-electron chi connectivity index (χ0n) is 14.7. The smallest absolute Gasteiger partial charge is 0.169 e. The molecule has 0 saturated heterocycles. The number of nitriles is 1. The molecular formula is C20H16N4OS2. The Labute approximate surface area is 164 Å². The number of hydrogen-bond acceptors (Lipinski definition) is 6. The van der Waals surface area contributed by atoms with E-state index in [1.807, 2.05) is 67.1 Å². The maximum atomic E-state index is 10.7. The topological polar surface area (TPSA) is 74.7 Å². The lowest BCUT2D eigenvalue weighted by atomic mass is 10.2. The van der Waals surface area contributed by atoms with Crippen LogP contribution in [-0.2, 0) is 7.05 Å². The molecule has 2 heterocycles. The largest absolute Gasteiger partial charge is 0.510 e. The van der Waals surface area contributed by atoms with E-state index in [1.54, 1.807) is 0 Å². The predicted molar refractivity (Wildman–Crippen MR) is 111 cm³/mol. The normalized spacial score (nSPS) is 13.5. The Morgan fingerprint density at radius 3 is 2.56 bits per heavy atom. The van der Waals surface area contributed by atoms with Crippen LogP contribution < -0.4 is 0 Å². The summed E-state index contributed by atoms with van der Waals surface area (Å²) in [7, 11) is 1.95. The van der Waals surface area contributed by atoms with Crippen LogP contribution >= 0.6 is 23.1 Å². The van der Waals surface area contributed by atoms with Gasteiger partial charge in [0.05, 0.1) is 26.5 Å². The fourth-order valence-electron chi connectivity index (χ4n) is 2.84. The zero-order valence-corrected chi connectivity index (χ0v) is 16.4. The lowest BCUT2D eigenvalue weighted by Crippen LogP contribution is -2.05. The molecule has 4 aromatic rings. The van der Waals surface area contributed by atoms with Crippen molar-refractivity contribution in [1.29, 1.82) is 5.26 Å². The van der Waals surface area contributed by atoms with Gasteiger partial charge in [0, 0.05) is 7.05 Å². The second-order valence-electron chi connectivity index (χ2n) is 6.06. The predicted octanol–water partition coefficient (Wildman–Crippen LogP) is 5.16. The van der Waals surface area contributed by atoms with E-state index >= 15 is 0 Å². The number of aliphatic hydroxyl groups is 1. The Hall–Kier alpha value is -2.82. The van der Waals surface area contributed by atoms with Gasteiger partial charge in [0.15, 0.2) is 5.16 Å². The fourth-order valence-corrected chi connectivity index (χ4v) is 4.76. The number of fused-ring (bicyclic) bond motifs is 2. The number of benzene rings is 2. The minimum absolute atomic E-state index is 0.0219. The average Bonchev–Trinajstić information content (AvgIpc) is 3.24. The third-order valence-corrected chi connectivity index (χ3v) is 6.50. The first-order valence-electron chi connectivity index (χ1n) is 8.35. The highest BCUT2D eigenvalue weighted by Crippen LogP contribution is 2.34. The summed E-state index contributed by atoms with van der Waals surface area (Å²) in [4.78, 5) is 9.12. The minimum Gasteiger partial charge on any atom is -0.510 e. The summed E-state index contributed by atoms with van der Waals surface area (Å²) in [5, 5.41) is 21.4. The van der Waals surface area contributed by atoms with Gasteiger partial charge in [0.25, 0.3) is 0 Å². The quantitative estimate of drug-likeness (QED) is 0.295. The van der Waals surface area contributed by atoms with E-state index in [1.165, 1.54) is 23.1 Å². The van der Waals surface area contributed by atoms with Crippen molar-refractivity contribution in [1.82, 2.24) is 14.5 Å². The van der Waals surface area contributed by atoms with Gasteiger partial charge in [-0.25, -0.2) is 9.97 Å². The van der Waals surface area contributed by atoms with E-state index in [0.29, 0.717) is 5.01 Å². The molecule has 4 rings (SSSR count). The van der Waals surface area contributed by atoms with Gasteiger partial charge < -0.3 is 9.67 Å². The summed E-state index contributed by atoms with van der Waals surface area (Å²) in [6.45, 7) is 1.87. The summed E-state index contributed by atoms with van der Waals surface area (Å²) < 4.78 is 2.98. The van der Waals surface area contributed by atoms with Crippen molar-refractivity contribution in [2.75, 3.05) is 0 Å². The van der Waals surface area contributed by atoms with Crippen LogP contribution in [0.2, 0.25) is 0 Å². The molecule has 2 aromatic carbocycles. The van der Waals surface area contributed by atoms with E-state index in [0.717, 1.165) is 26.4 Å². The Kier molecular flexibility index (Phi) is 4.60. The molecule has 0 aliphatic rings. The maximum absolute atomic E-state index is 10.7.